The topological polar surface area (TPSA) is 103 Å². The zero-order chi connectivity index (χ0) is 20.3. The van der Waals surface area contributed by atoms with E-state index in [0.717, 1.165) is 0 Å². The summed E-state index contributed by atoms with van der Waals surface area (Å²) in [5, 5.41) is 7.05. The van der Waals surface area contributed by atoms with E-state index in [1.54, 1.807) is 38.1 Å². The standard InChI is InChI=1S/C18H24N4O5S/c1-13-18(28(24,25)21-8-10-27-11-9-21)14(2)22(20-13)12-17(23)19-15-6-4-5-7-16(15)26-3/h4-7H,8-12H2,1-3H3,(H,19,23). The minimum atomic E-state index is -3.69. The molecule has 0 unspecified atom stereocenters. The molecule has 1 saturated heterocycles. The Kier molecular flexibility index (Phi) is 6.01. The largest absolute Gasteiger partial charge is 0.495 e. The first-order valence-corrected chi connectivity index (χ1v) is 10.3. The van der Waals surface area contributed by atoms with Gasteiger partial charge in [-0.25, -0.2) is 8.42 Å². The maximum absolute atomic E-state index is 13.0. The van der Waals surface area contributed by atoms with Crippen molar-refractivity contribution in [2.75, 3.05) is 38.7 Å². The fourth-order valence-electron chi connectivity index (χ4n) is 3.20. The summed E-state index contributed by atoms with van der Waals surface area (Å²) in [6.07, 6.45) is 0. The van der Waals surface area contributed by atoms with Crippen LogP contribution in [0.25, 0.3) is 0 Å². The van der Waals surface area contributed by atoms with Gasteiger partial charge < -0.3 is 14.8 Å². The molecule has 1 N–H and O–H groups in total. The van der Waals surface area contributed by atoms with Crippen molar-refractivity contribution < 1.29 is 22.7 Å². The molecule has 1 fully saturated rings. The van der Waals surface area contributed by atoms with Gasteiger partial charge in [-0.3, -0.25) is 9.48 Å². The third-order valence-electron chi connectivity index (χ3n) is 4.56. The zero-order valence-electron chi connectivity index (χ0n) is 16.1. The molecule has 3 rings (SSSR count). The normalized spacial score (nSPS) is 15.4. The summed E-state index contributed by atoms with van der Waals surface area (Å²) in [5.41, 5.74) is 1.34. The van der Waals surface area contributed by atoms with E-state index in [9.17, 15) is 13.2 Å². The van der Waals surface area contributed by atoms with Gasteiger partial charge in [0.15, 0.2) is 0 Å². The molecule has 1 aromatic carbocycles. The SMILES string of the molecule is COc1ccccc1NC(=O)Cn1nc(C)c(S(=O)(=O)N2CCOCC2)c1C. The number of amides is 1. The predicted molar refractivity (Wildman–Crippen MR) is 103 cm³/mol. The lowest BCUT2D eigenvalue weighted by atomic mass is 10.3. The summed E-state index contributed by atoms with van der Waals surface area (Å²) < 4.78 is 39.3. The molecule has 0 spiro atoms. The molecule has 28 heavy (non-hydrogen) atoms. The van der Waals surface area contributed by atoms with E-state index in [-0.39, 0.29) is 17.3 Å². The van der Waals surface area contributed by atoms with Gasteiger partial charge in [0.1, 0.15) is 17.2 Å². The van der Waals surface area contributed by atoms with Crippen molar-refractivity contribution in [2.45, 2.75) is 25.3 Å². The highest BCUT2D eigenvalue weighted by atomic mass is 32.2. The Hall–Kier alpha value is -2.43. The summed E-state index contributed by atoms with van der Waals surface area (Å²) >= 11 is 0. The molecule has 1 amide bonds. The molecule has 2 heterocycles. The van der Waals surface area contributed by atoms with Crippen LogP contribution >= 0.6 is 0 Å². The molecule has 0 atom stereocenters. The van der Waals surface area contributed by atoms with Gasteiger partial charge in [-0.2, -0.15) is 9.40 Å². The van der Waals surface area contributed by atoms with Gasteiger partial charge in [-0.1, -0.05) is 12.1 Å². The molecule has 10 heteroatoms. The van der Waals surface area contributed by atoms with Gasteiger partial charge in [-0.05, 0) is 26.0 Å². The van der Waals surface area contributed by atoms with Gasteiger partial charge in [0.25, 0.3) is 0 Å². The Morgan fingerprint density at radius 3 is 2.61 bits per heavy atom. The lowest BCUT2D eigenvalue weighted by Gasteiger charge is -2.26. The number of nitrogens with one attached hydrogen (secondary N) is 1. The summed E-state index contributed by atoms with van der Waals surface area (Å²) in [5.74, 6) is 0.213. The summed E-state index contributed by atoms with van der Waals surface area (Å²) in [6.45, 7) is 4.53. The molecule has 1 aliphatic heterocycles. The highest BCUT2D eigenvalue weighted by Gasteiger charge is 2.32. The number of para-hydroxylation sites is 2. The van der Waals surface area contributed by atoms with Gasteiger partial charge in [-0.15, -0.1) is 0 Å². The molecule has 0 bridgehead atoms. The number of ether oxygens (including phenoxy) is 2. The number of benzene rings is 1. The second-order valence-corrected chi connectivity index (χ2v) is 8.30. The first-order chi connectivity index (χ1) is 13.3. The number of hydrogen-bond acceptors (Lipinski definition) is 6. The van der Waals surface area contributed by atoms with E-state index >= 15 is 0 Å². The summed E-state index contributed by atoms with van der Waals surface area (Å²) in [4.78, 5) is 12.6. The number of carbonyl (C=O) groups excluding carboxylic acids is 1. The molecule has 152 valence electrons. The number of nitrogens with zero attached hydrogens (tertiary/aromatic N) is 3. The molecule has 2 aromatic rings. The third kappa shape index (κ3) is 4.03. The predicted octanol–water partition coefficient (Wildman–Crippen LogP) is 1.17. The Balaban J connectivity index is 1.81. The van der Waals surface area contributed by atoms with E-state index in [2.05, 4.69) is 10.4 Å². The van der Waals surface area contributed by atoms with Crippen molar-refractivity contribution in [3.63, 3.8) is 0 Å². The third-order valence-corrected chi connectivity index (χ3v) is 6.71. The zero-order valence-corrected chi connectivity index (χ0v) is 17.0. The van der Waals surface area contributed by atoms with Crippen LogP contribution in [0.2, 0.25) is 0 Å². The minimum Gasteiger partial charge on any atom is -0.495 e. The van der Waals surface area contributed by atoms with E-state index in [0.29, 0.717) is 49.1 Å². The van der Waals surface area contributed by atoms with Crippen LogP contribution in [0.3, 0.4) is 0 Å². The van der Waals surface area contributed by atoms with Crippen LogP contribution in [0, 0.1) is 13.8 Å². The van der Waals surface area contributed by atoms with Gasteiger partial charge in [0.05, 0.1) is 37.4 Å². The fourth-order valence-corrected chi connectivity index (χ4v) is 4.98. The van der Waals surface area contributed by atoms with Crippen LogP contribution in [0.5, 0.6) is 5.75 Å². The monoisotopic (exact) mass is 408 g/mol. The van der Waals surface area contributed by atoms with Gasteiger partial charge in [0.2, 0.25) is 15.9 Å². The Bertz CT molecular complexity index is 964. The number of methoxy groups -OCH3 is 1. The number of sulfonamides is 1. The minimum absolute atomic E-state index is 0.108. The second kappa shape index (κ2) is 8.29. The van der Waals surface area contributed by atoms with Crippen molar-refractivity contribution in [1.29, 1.82) is 0 Å². The van der Waals surface area contributed by atoms with Crippen LogP contribution in [0.1, 0.15) is 11.4 Å². The molecular formula is C18H24N4O5S. The smallest absolute Gasteiger partial charge is 0.246 e. The molecule has 0 radical (unpaired) electrons. The second-order valence-electron chi connectivity index (χ2n) is 6.42. The average Bonchev–Trinajstić information content (AvgIpc) is 2.96. The molecule has 9 nitrogen and oxygen atoms in total. The number of hydrogen-bond donors (Lipinski definition) is 1. The number of aryl methyl sites for hydroxylation is 1. The average molecular weight is 408 g/mol. The number of anilines is 1. The number of aromatic nitrogens is 2. The highest BCUT2D eigenvalue weighted by molar-refractivity contribution is 7.89. The van der Waals surface area contributed by atoms with Crippen LogP contribution in [-0.4, -0.2) is 61.8 Å². The van der Waals surface area contributed by atoms with Crippen molar-refractivity contribution in [2.24, 2.45) is 0 Å². The van der Waals surface area contributed by atoms with E-state index in [1.807, 2.05) is 0 Å². The Morgan fingerprint density at radius 2 is 1.93 bits per heavy atom. The first-order valence-electron chi connectivity index (χ1n) is 8.89. The van der Waals surface area contributed by atoms with Crippen LogP contribution in [0.15, 0.2) is 29.2 Å². The van der Waals surface area contributed by atoms with Crippen molar-refractivity contribution >= 4 is 21.6 Å². The van der Waals surface area contributed by atoms with Crippen LogP contribution < -0.4 is 10.1 Å². The van der Waals surface area contributed by atoms with Crippen molar-refractivity contribution in [3.05, 3.63) is 35.7 Å². The van der Waals surface area contributed by atoms with Gasteiger partial charge >= 0.3 is 0 Å². The lowest BCUT2D eigenvalue weighted by Crippen LogP contribution is -2.41. The Morgan fingerprint density at radius 1 is 1.25 bits per heavy atom. The Labute approximate surface area is 164 Å². The highest BCUT2D eigenvalue weighted by Crippen LogP contribution is 2.25. The lowest BCUT2D eigenvalue weighted by molar-refractivity contribution is -0.117. The number of morpholine rings is 1. The summed E-state index contributed by atoms with van der Waals surface area (Å²) in [6, 6.07) is 7.06. The fraction of sp³-hybridized carbons (Fsp3) is 0.444. The summed E-state index contributed by atoms with van der Waals surface area (Å²) in [7, 11) is -2.17. The number of rotatable bonds is 6. The van der Waals surface area contributed by atoms with Gasteiger partial charge in [0, 0.05) is 13.1 Å². The van der Waals surface area contributed by atoms with Crippen LogP contribution in [0.4, 0.5) is 5.69 Å². The molecule has 0 aliphatic carbocycles. The van der Waals surface area contributed by atoms with Crippen molar-refractivity contribution in [1.82, 2.24) is 14.1 Å². The molecular weight excluding hydrogens is 384 g/mol. The quantitative estimate of drug-likeness (QED) is 0.770. The molecule has 1 aromatic heterocycles. The number of carbonyl (C=O) groups is 1. The first kappa shape index (κ1) is 20.3. The van der Waals surface area contributed by atoms with Crippen LogP contribution in [-0.2, 0) is 26.1 Å². The maximum Gasteiger partial charge on any atom is 0.246 e. The maximum atomic E-state index is 13.0. The molecule has 0 saturated carbocycles. The van der Waals surface area contributed by atoms with E-state index in [4.69, 9.17) is 9.47 Å². The van der Waals surface area contributed by atoms with Crippen molar-refractivity contribution in [3.8, 4) is 5.75 Å². The van der Waals surface area contributed by atoms with E-state index < -0.39 is 10.0 Å². The van der Waals surface area contributed by atoms with E-state index in [1.165, 1.54) is 16.1 Å². The molecule has 1 aliphatic rings.